The van der Waals surface area contributed by atoms with Gasteiger partial charge in [0.25, 0.3) is 0 Å². The van der Waals surface area contributed by atoms with E-state index in [1.165, 1.54) is 0 Å². The van der Waals surface area contributed by atoms with Crippen LogP contribution in [0, 0.1) is 0 Å². The van der Waals surface area contributed by atoms with E-state index >= 15 is 0 Å². The average Bonchev–Trinajstić information content (AvgIpc) is 2.52. The third kappa shape index (κ3) is 4.15. The van der Waals surface area contributed by atoms with Crippen LogP contribution >= 0.6 is 0 Å². The maximum atomic E-state index is 11.9. The molecule has 0 aromatic heterocycles. The molecule has 0 radical (unpaired) electrons. The van der Waals surface area contributed by atoms with Gasteiger partial charge in [-0.2, -0.15) is 0 Å². The van der Waals surface area contributed by atoms with Gasteiger partial charge >= 0.3 is 6.16 Å². The quantitative estimate of drug-likeness (QED) is 0.595. The molecule has 0 saturated heterocycles. The molecule has 2 rings (SSSR count). The molecule has 2 aromatic rings. The summed E-state index contributed by atoms with van der Waals surface area (Å²) < 4.78 is 21.2. The van der Waals surface area contributed by atoms with Crippen molar-refractivity contribution in [2.75, 3.05) is 13.2 Å². The highest BCUT2D eigenvalue weighted by Crippen LogP contribution is 2.29. The number of hydrogen-bond acceptors (Lipinski definition) is 5. The van der Waals surface area contributed by atoms with E-state index < -0.39 is 6.16 Å². The van der Waals surface area contributed by atoms with E-state index in [-0.39, 0.29) is 0 Å². The number of para-hydroxylation sites is 4. The lowest BCUT2D eigenvalue weighted by Gasteiger charge is -2.12. The molecule has 0 saturated carbocycles. The zero-order valence-electron chi connectivity index (χ0n) is 12.6. The van der Waals surface area contributed by atoms with Crippen LogP contribution in [-0.2, 0) is 0 Å². The summed E-state index contributed by atoms with van der Waals surface area (Å²) in [6.07, 6.45) is -0.848. The van der Waals surface area contributed by atoms with Crippen molar-refractivity contribution in [1.29, 1.82) is 0 Å². The highest BCUT2D eigenvalue weighted by atomic mass is 16.7. The monoisotopic (exact) mass is 302 g/mol. The lowest BCUT2D eigenvalue weighted by molar-refractivity contribution is 0.147. The topological polar surface area (TPSA) is 54.0 Å². The van der Waals surface area contributed by atoms with Gasteiger partial charge in [-0.3, -0.25) is 0 Å². The van der Waals surface area contributed by atoms with Gasteiger partial charge in [0.05, 0.1) is 13.2 Å². The molecule has 0 aliphatic heterocycles. The van der Waals surface area contributed by atoms with Gasteiger partial charge in [-0.15, -0.1) is 0 Å². The number of ether oxygens (including phenoxy) is 4. The maximum absolute atomic E-state index is 11.9. The molecule has 0 amide bonds. The van der Waals surface area contributed by atoms with Crippen LogP contribution in [-0.4, -0.2) is 19.4 Å². The van der Waals surface area contributed by atoms with Gasteiger partial charge in [-0.1, -0.05) is 24.3 Å². The van der Waals surface area contributed by atoms with Crippen LogP contribution in [0.15, 0.2) is 48.5 Å². The molecule has 0 aliphatic rings. The summed E-state index contributed by atoms with van der Waals surface area (Å²) in [5.41, 5.74) is 0. The molecule has 0 bridgehead atoms. The summed E-state index contributed by atoms with van der Waals surface area (Å²) in [5.74, 6) is 1.59. The molecule has 0 heterocycles. The molecular formula is C17H18O5. The zero-order valence-corrected chi connectivity index (χ0v) is 12.6. The second-order valence-electron chi connectivity index (χ2n) is 4.21. The molecule has 0 fully saturated rings. The summed E-state index contributed by atoms with van der Waals surface area (Å²) in [4.78, 5) is 11.9. The minimum Gasteiger partial charge on any atom is -0.490 e. The molecular weight excluding hydrogens is 284 g/mol. The summed E-state index contributed by atoms with van der Waals surface area (Å²) in [6.45, 7) is 4.66. The first kappa shape index (κ1) is 15.7. The Morgan fingerprint density at radius 3 is 1.45 bits per heavy atom. The number of benzene rings is 2. The second kappa shape index (κ2) is 7.93. The number of carbonyl (C=O) groups is 1. The molecule has 5 nitrogen and oxygen atoms in total. The first-order chi connectivity index (χ1) is 10.7. The molecule has 22 heavy (non-hydrogen) atoms. The Morgan fingerprint density at radius 1 is 0.727 bits per heavy atom. The van der Waals surface area contributed by atoms with Crippen molar-refractivity contribution in [3.63, 3.8) is 0 Å². The van der Waals surface area contributed by atoms with E-state index in [1.54, 1.807) is 48.5 Å². The SMILES string of the molecule is CCOc1ccccc1OC(=O)Oc1ccccc1OCC. The number of hydrogen-bond donors (Lipinski definition) is 0. The van der Waals surface area contributed by atoms with E-state index in [1.807, 2.05) is 13.8 Å². The van der Waals surface area contributed by atoms with Crippen LogP contribution in [0.25, 0.3) is 0 Å². The van der Waals surface area contributed by atoms with Gasteiger partial charge in [-0.25, -0.2) is 4.79 Å². The van der Waals surface area contributed by atoms with Gasteiger partial charge in [-0.05, 0) is 38.1 Å². The lowest BCUT2D eigenvalue weighted by Crippen LogP contribution is -2.15. The van der Waals surface area contributed by atoms with Crippen molar-refractivity contribution in [2.45, 2.75) is 13.8 Å². The van der Waals surface area contributed by atoms with Crippen LogP contribution in [0.4, 0.5) is 4.79 Å². The fourth-order valence-corrected chi connectivity index (χ4v) is 1.82. The Kier molecular flexibility index (Phi) is 5.65. The van der Waals surface area contributed by atoms with E-state index in [2.05, 4.69) is 0 Å². The summed E-state index contributed by atoms with van der Waals surface area (Å²) in [5, 5.41) is 0. The van der Waals surface area contributed by atoms with Crippen LogP contribution in [0.2, 0.25) is 0 Å². The Bertz CT molecular complexity index is 570. The average molecular weight is 302 g/mol. The minimum atomic E-state index is -0.848. The van der Waals surface area contributed by atoms with Gasteiger partial charge in [0.1, 0.15) is 0 Å². The van der Waals surface area contributed by atoms with E-state index in [4.69, 9.17) is 18.9 Å². The maximum Gasteiger partial charge on any atom is 0.519 e. The fourth-order valence-electron chi connectivity index (χ4n) is 1.82. The van der Waals surface area contributed by atoms with Crippen molar-refractivity contribution in [3.05, 3.63) is 48.5 Å². The molecule has 0 spiro atoms. The first-order valence-corrected chi connectivity index (χ1v) is 7.08. The lowest BCUT2D eigenvalue weighted by atomic mass is 10.3. The van der Waals surface area contributed by atoms with E-state index in [0.717, 1.165) is 0 Å². The largest absolute Gasteiger partial charge is 0.519 e. The number of carbonyl (C=O) groups excluding carboxylic acids is 1. The highest BCUT2D eigenvalue weighted by molar-refractivity contribution is 5.69. The van der Waals surface area contributed by atoms with Crippen LogP contribution in [0.3, 0.4) is 0 Å². The van der Waals surface area contributed by atoms with Gasteiger partial charge in [0.2, 0.25) is 0 Å². The van der Waals surface area contributed by atoms with Crippen molar-refractivity contribution in [2.24, 2.45) is 0 Å². The Hall–Kier alpha value is -2.69. The molecule has 0 atom stereocenters. The van der Waals surface area contributed by atoms with Crippen molar-refractivity contribution < 1.29 is 23.7 Å². The minimum absolute atomic E-state index is 0.309. The standard InChI is InChI=1S/C17H18O5/c1-3-19-13-9-5-7-11-15(13)21-17(18)22-16-12-8-6-10-14(16)20-4-2/h5-12H,3-4H2,1-2H3. The predicted octanol–water partition coefficient (Wildman–Crippen LogP) is 4.06. The summed E-state index contributed by atoms with van der Waals surface area (Å²) in [7, 11) is 0. The first-order valence-electron chi connectivity index (χ1n) is 7.08. The molecule has 5 heteroatoms. The van der Waals surface area contributed by atoms with Crippen LogP contribution < -0.4 is 18.9 Å². The summed E-state index contributed by atoms with van der Waals surface area (Å²) in [6, 6.07) is 13.8. The normalized spacial score (nSPS) is 9.91. The van der Waals surface area contributed by atoms with Crippen molar-refractivity contribution >= 4 is 6.16 Å². The molecule has 0 N–H and O–H groups in total. The van der Waals surface area contributed by atoms with Crippen molar-refractivity contribution in [1.82, 2.24) is 0 Å². The Morgan fingerprint density at radius 2 is 1.09 bits per heavy atom. The second-order valence-corrected chi connectivity index (χ2v) is 4.21. The smallest absolute Gasteiger partial charge is 0.490 e. The van der Waals surface area contributed by atoms with Gasteiger partial charge in [0, 0.05) is 0 Å². The zero-order chi connectivity index (χ0) is 15.8. The third-order valence-corrected chi connectivity index (χ3v) is 2.68. The highest BCUT2D eigenvalue weighted by Gasteiger charge is 2.14. The third-order valence-electron chi connectivity index (χ3n) is 2.68. The van der Waals surface area contributed by atoms with Gasteiger partial charge < -0.3 is 18.9 Å². The van der Waals surface area contributed by atoms with E-state index in [9.17, 15) is 4.79 Å². The Labute approximate surface area is 129 Å². The molecule has 116 valence electrons. The van der Waals surface area contributed by atoms with Crippen molar-refractivity contribution in [3.8, 4) is 23.0 Å². The summed E-state index contributed by atoms with van der Waals surface area (Å²) >= 11 is 0. The molecule has 0 unspecified atom stereocenters. The van der Waals surface area contributed by atoms with Crippen LogP contribution in [0.1, 0.15) is 13.8 Å². The number of rotatable bonds is 6. The molecule has 0 aliphatic carbocycles. The fraction of sp³-hybridized carbons (Fsp3) is 0.235. The van der Waals surface area contributed by atoms with Crippen LogP contribution in [0.5, 0.6) is 23.0 Å². The van der Waals surface area contributed by atoms with E-state index in [0.29, 0.717) is 36.2 Å². The predicted molar refractivity (Wildman–Crippen MR) is 81.9 cm³/mol. The Balaban J connectivity index is 2.08. The van der Waals surface area contributed by atoms with Gasteiger partial charge in [0.15, 0.2) is 23.0 Å². The molecule has 2 aromatic carbocycles.